The van der Waals surface area contributed by atoms with Gasteiger partial charge in [0.1, 0.15) is 5.56 Å². The van der Waals surface area contributed by atoms with E-state index in [2.05, 4.69) is 11.4 Å². The summed E-state index contributed by atoms with van der Waals surface area (Å²) in [5.41, 5.74) is -0.327. The second-order valence-corrected chi connectivity index (χ2v) is 8.79. The van der Waals surface area contributed by atoms with Crippen molar-refractivity contribution >= 4 is 23.2 Å². The Morgan fingerprint density at radius 2 is 1.96 bits per heavy atom. The third kappa shape index (κ3) is 3.51. The van der Waals surface area contributed by atoms with Gasteiger partial charge in [0.2, 0.25) is 5.91 Å². The van der Waals surface area contributed by atoms with Gasteiger partial charge in [-0.15, -0.1) is 11.3 Å². The van der Waals surface area contributed by atoms with Gasteiger partial charge in [0.15, 0.2) is 0 Å². The largest absolute Gasteiger partial charge is 0.355 e. The number of nitrogens with one attached hydrogen (secondary N) is 1. The van der Waals surface area contributed by atoms with Crippen LogP contribution in [0.5, 0.6) is 0 Å². The first-order valence-electron chi connectivity index (χ1n) is 9.78. The predicted octanol–water partition coefficient (Wildman–Crippen LogP) is 2.15. The highest BCUT2D eigenvalue weighted by atomic mass is 32.1. The number of likely N-dealkylation sites (tertiary alicyclic amines) is 1. The van der Waals surface area contributed by atoms with E-state index in [0.717, 1.165) is 30.6 Å². The Hall–Kier alpha value is -2.41. The number of aromatic nitrogens is 1. The summed E-state index contributed by atoms with van der Waals surface area (Å²) in [6.45, 7) is 1.89. The molecule has 1 N–H and O–H groups in total. The third-order valence-corrected chi connectivity index (χ3v) is 7.06. The summed E-state index contributed by atoms with van der Waals surface area (Å²) in [7, 11) is 1.65. The van der Waals surface area contributed by atoms with Crippen LogP contribution >= 0.6 is 11.3 Å². The molecule has 2 aromatic heterocycles. The maximum Gasteiger partial charge on any atom is 0.263 e. The molecule has 2 aliphatic rings. The molecule has 7 heteroatoms. The number of carbonyl (C=O) groups excluding carboxylic acids is 2. The lowest BCUT2D eigenvalue weighted by Gasteiger charge is -2.32. The lowest BCUT2D eigenvalue weighted by molar-refractivity contribution is -0.123. The molecule has 0 aromatic carbocycles. The van der Waals surface area contributed by atoms with Gasteiger partial charge in [-0.05, 0) is 55.2 Å². The third-order valence-electron chi connectivity index (χ3n) is 5.98. The minimum Gasteiger partial charge on any atom is -0.355 e. The highest BCUT2D eigenvalue weighted by Crippen LogP contribution is 2.50. The van der Waals surface area contributed by atoms with E-state index >= 15 is 0 Å². The first kappa shape index (κ1) is 18.9. The van der Waals surface area contributed by atoms with E-state index in [0.29, 0.717) is 25.6 Å². The predicted molar refractivity (Wildman–Crippen MR) is 109 cm³/mol. The van der Waals surface area contributed by atoms with Crippen LogP contribution in [0.3, 0.4) is 0 Å². The van der Waals surface area contributed by atoms with E-state index in [1.54, 1.807) is 41.6 Å². The van der Waals surface area contributed by atoms with E-state index in [1.165, 1.54) is 4.57 Å². The van der Waals surface area contributed by atoms with Gasteiger partial charge in [-0.3, -0.25) is 14.4 Å². The van der Waals surface area contributed by atoms with Crippen molar-refractivity contribution in [3.63, 3.8) is 0 Å². The summed E-state index contributed by atoms with van der Waals surface area (Å²) in [5, 5.41) is 5.17. The Balaban J connectivity index is 1.29. The van der Waals surface area contributed by atoms with Crippen molar-refractivity contribution in [3.8, 4) is 0 Å². The molecule has 3 heterocycles. The maximum absolute atomic E-state index is 12.7. The van der Waals surface area contributed by atoms with Crippen LogP contribution in [0.2, 0.25) is 0 Å². The number of thiophene rings is 1. The van der Waals surface area contributed by atoms with Gasteiger partial charge in [-0.2, -0.15) is 0 Å². The summed E-state index contributed by atoms with van der Waals surface area (Å²) < 4.78 is 1.43. The molecule has 1 aliphatic heterocycles. The first-order chi connectivity index (χ1) is 13.5. The van der Waals surface area contributed by atoms with Gasteiger partial charge in [0.25, 0.3) is 11.5 Å². The Labute approximate surface area is 168 Å². The molecule has 0 bridgehead atoms. The van der Waals surface area contributed by atoms with Crippen LogP contribution in [0, 0.1) is 5.92 Å². The van der Waals surface area contributed by atoms with Gasteiger partial charge in [0.05, 0.1) is 5.41 Å². The van der Waals surface area contributed by atoms with Crippen molar-refractivity contribution in [1.29, 1.82) is 0 Å². The average molecular weight is 400 g/mol. The molecule has 4 rings (SSSR count). The molecule has 1 saturated heterocycles. The number of carbonyl (C=O) groups is 2. The van der Waals surface area contributed by atoms with Crippen molar-refractivity contribution in [3.05, 3.63) is 56.6 Å². The smallest absolute Gasteiger partial charge is 0.263 e. The van der Waals surface area contributed by atoms with Crippen LogP contribution in [0.25, 0.3) is 0 Å². The second-order valence-electron chi connectivity index (χ2n) is 7.84. The molecule has 0 spiro atoms. The summed E-state index contributed by atoms with van der Waals surface area (Å²) in [4.78, 5) is 40.4. The summed E-state index contributed by atoms with van der Waals surface area (Å²) >= 11 is 1.65. The topological polar surface area (TPSA) is 71.4 Å². The zero-order valence-corrected chi connectivity index (χ0v) is 16.8. The number of hydrogen-bond donors (Lipinski definition) is 1. The molecule has 6 nitrogen and oxygen atoms in total. The number of pyridine rings is 1. The molecule has 148 valence electrons. The van der Waals surface area contributed by atoms with E-state index in [1.807, 2.05) is 11.4 Å². The van der Waals surface area contributed by atoms with Gasteiger partial charge in [-0.1, -0.05) is 6.07 Å². The fraction of sp³-hybridized carbons (Fsp3) is 0.476. The van der Waals surface area contributed by atoms with Gasteiger partial charge < -0.3 is 14.8 Å². The SMILES string of the molecule is Cn1cccc(C(=O)N2CCC(CNC(=O)C3(c4cccs4)CC3)CC2)c1=O. The van der Waals surface area contributed by atoms with Gasteiger partial charge in [-0.25, -0.2) is 0 Å². The maximum atomic E-state index is 12.7. The molecular formula is C21H25N3O3S. The van der Waals surface area contributed by atoms with Crippen molar-refractivity contribution in [2.24, 2.45) is 13.0 Å². The molecule has 2 aromatic rings. The summed E-state index contributed by atoms with van der Waals surface area (Å²) in [5.74, 6) is 0.310. The summed E-state index contributed by atoms with van der Waals surface area (Å²) in [6, 6.07) is 7.37. The molecule has 2 fully saturated rings. The first-order valence-corrected chi connectivity index (χ1v) is 10.7. The highest BCUT2D eigenvalue weighted by Gasteiger charge is 2.52. The Morgan fingerprint density at radius 1 is 1.21 bits per heavy atom. The van der Waals surface area contributed by atoms with Crippen LogP contribution in [-0.2, 0) is 17.3 Å². The fourth-order valence-electron chi connectivity index (χ4n) is 3.94. The monoisotopic (exact) mass is 399 g/mol. The number of hydrogen-bond acceptors (Lipinski definition) is 4. The fourth-order valence-corrected chi connectivity index (χ4v) is 4.92. The van der Waals surface area contributed by atoms with Crippen LogP contribution in [-0.4, -0.2) is 40.9 Å². The molecule has 0 unspecified atom stereocenters. The van der Waals surface area contributed by atoms with Gasteiger partial charge >= 0.3 is 0 Å². The zero-order valence-electron chi connectivity index (χ0n) is 16.0. The van der Waals surface area contributed by atoms with Crippen LogP contribution in [0.15, 0.2) is 40.6 Å². The number of amides is 2. The number of rotatable bonds is 5. The standard InChI is InChI=1S/C21H25N3O3S/c1-23-10-2-4-16(18(23)25)19(26)24-11-6-15(7-12-24)14-22-20(27)21(8-9-21)17-5-3-13-28-17/h2-5,10,13,15H,6-9,11-12,14H2,1H3,(H,22,27). The average Bonchev–Trinajstić information content (AvgIpc) is 3.34. The second kappa shape index (κ2) is 7.54. The normalized spacial score (nSPS) is 18.7. The van der Waals surface area contributed by atoms with Crippen LogP contribution < -0.4 is 10.9 Å². The molecule has 2 amide bonds. The van der Waals surface area contributed by atoms with E-state index < -0.39 is 0 Å². The lowest BCUT2D eigenvalue weighted by atomic mass is 9.95. The van der Waals surface area contributed by atoms with E-state index in [9.17, 15) is 14.4 Å². The molecule has 0 radical (unpaired) electrons. The lowest BCUT2D eigenvalue weighted by Crippen LogP contribution is -2.44. The van der Waals surface area contributed by atoms with Crippen molar-refractivity contribution in [2.45, 2.75) is 31.1 Å². The number of nitrogens with zero attached hydrogens (tertiary/aromatic N) is 2. The minimum atomic E-state index is -0.293. The molecule has 1 saturated carbocycles. The van der Waals surface area contributed by atoms with Crippen molar-refractivity contribution < 1.29 is 9.59 Å². The van der Waals surface area contributed by atoms with Crippen molar-refractivity contribution in [2.75, 3.05) is 19.6 Å². The van der Waals surface area contributed by atoms with Crippen LogP contribution in [0.4, 0.5) is 0 Å². The molecule has 0 atom stereocenters. The minimum absolute atomic E-state index is 0.140. The summed E-state index contributed by atoms with van der Waals surface area (Å²) in [6.07, 6.45) is 5.18. The van der Waals surface area contributed by atoms with E-state index in [4.69, 9.17) is 0 Å². The Morgan fingerprint density at radius 3 is 2.61 bits per heavy atom. The Bertz CT molecular complexity index is 923. The Kier molecular flexibility index (Phi) is 5.10. The van der Waals surface area contributed by atoms with Crippen LogP contribution in [0.1, 0.15) is 40.9 Å². The molecular weight excluding hydrogens is 374 g/mol. The van der Waals surface area contributed by atoms with E-state index in [-0.39, 0.29) is 28.4 Å². The number of piperidine rings is 1. The number of aryl methyl sites for hydroxylation is 1. The zero-order chi connectivity index (χ0) is 19.7. The van der Waals surface area contributed by atoms with Crippen molar-refractivity contribution in [1.82, 2.24) is 14.8 Å². The molecule has 1 aliphatic carbocycles. The highest BCUT2D eigenvalue weighted by molar-refractivity contribution is 7.10. The molecule has 28 heavy (non-hydrogen) atoms. The quantitative estimate of drug-likeness (QED) is 0.837. The van der Waals surface area contributed by atoms with Gasteiger partial charge in [0, 0.05) is 37.8 Å².